The lowest BCUT2D eigenvalue weighted by Crippen LogP contribution is -2.42. The van der Waals surface area contributed by atoms with Crippen LogP contribution >= 0.6 is 0 Å². The third-order valence-corrected chi connectivity index (χ3v) is 2.79. The Morgan fingerprint density at radius 2 is 2.06 bits per heavy atom. The van der Waals surface area contributed by atoms with E-state index in [0.29, 0.717) is 13.0 Å². The molecule has 0 heterocycles. The van der Waals surface area contributed by atoms with E-state index in [1.54, 1.807) is 0 Å². The van der Waals surface area contributed by atoms with Gasteiger partial charge in [-0.15, -0.1) is 0 Å². The van der Waals surface area contributed by atoms with E-state index in [0.717, 1.165) is 17.9 Å². The lowest BCUT2D eigenvalue weighted by atomic mass is 10.0. The summed E-state index contributed by atoms with van der Waals surface area (Å²) < 4.78 is 5.58. The first-order valence-corrected chi connectivity index (χ1v) is 6.12. The average Bonchev–Trinajstić information content (AvgIpc) is 2.40. The van der Waals surface area contributed by atoms with E-state index in [1.807, 2.05) is 38.1 Å². The van der Waals surface area contributed by atoms with Crippen LogP contribution in [0.15, 0.2) is 24.3 Å². The fraction of sp³-hybridized carbons (Fsp3) is 0.500. The average molecular weight is 248 g/mol. The number of rotatable bonds is 7. The Kier molecular flexibility index (Phi) is 5.63. The van der Waals surface area contributed by atoms with Crippen molar-refractivity contribution in [3.05, 3.63) is 29.8 Å². The minimum atomic E-state index is -0.542. The topological polar surface area (TPSA) is 65.3 Å². The third-order valence-electron chi connectivity index (χ3n) is 2.79. The number of hydrogen-bond donors (Lipinski definition) is 2. The SMILES string of the molecule is CCNC(C)(C#N)CCOc1ccc(CO)cc1. The number of nitriles is 1. The molecule has 18 heavy (non-hydrogen) atoms. The van der Waals surface area contributed by atoms with Gasteiger partial charge >= 0.3 is 0 Å². The summed E-state index contributed by atoms with van der Waals surface area (Å²) in [5, 5.41) is 21.1. The molecule has 1 rings (SSSR count). The molecular formula is C14H20N2O2. The molecule has 0 bridgehead atoms. The fourth-order valence-corrected chi connectivity index (χ4v) is 1.64. The van der Waals surface area contributed by atoms with Crippen LogP contribution in [0.2, 0.25) is 0 Å². The van der Waals surface area contributed by atoms with E-state index < -0.39 is 5.54 Å². The van der Waals surface area contributed by atoms with Gasteiger partial charge in [-0.25, -0.2) is 0 Å². The quantitative estimate of drug-likeness (QED) is 0.772. The van der Waals surface area contributed by atoms with Crippen molar-refractivity contribution in [1.82, 2.24) is 5.32 Å². The highest BCUT2D eigenvalue weighted by molar-refractivity contribution is 5.26. The zero-order valence-corrected chi connectivity index (χ0v) is 10.9. The largest absolute Gasteiger partial charge is 0.493 e. The summed E-state index contributed by atoms with van der Waals surface area (Å²) >= 11 is 0. The minimum absolute atomic E-state index is 0.0349. The molecule has 1 aromatic carbocycles. The van der Waals surface area contributed by atoms with Crippen molar-refractivity contribution in [2.24, 2.45) is 0 Å². The van der Waals surface area contributed by atoms with Gasteiger partial charge in [-0.2, -0.15) is 5.26 Å². The standard InChI is InChI=1S/C14H20N2O2/c1-3-16-14(2,11-15)8-9-18-13-6-4-12(10-17)5-7-13/h4-7,16-17H,3,8-10H2,1-2H3. The zero-order valence-electron chi connectivity index (χ0n) is 10.9. The smallest absolute Gasteiger partial charge is 0.119 e. The first kappa shape index (κ1) is 14.5. The maximum Gasteiger partial charge on any atom is 0.119 e. The predicted molar refractivity (Wildman–Crippen MR) is 70.2 cm³/mol. The van der Waals surface area contributed by atoms with Gasteiger partial charge in [-0.3, -0.25) is 5.32 Å². The molecule has 98 valence electrons. The highest BCUT2D eigenvalue weighted by Crippen LogP contribution is 2.14. The minimum Gasteiger partial charge on any atom is -0.493 e. The van der Waals surface area contributed by atoms with Gasteiger partial charge in [0.15, 0.2) is 0 Å². The van der Waals surface area contributed by atoms with Gasteiger partial charge in [0, 0.05) is 6.42 Å². The van der Waals surface area contributed by atoms with Crippen LogP contribution in [0.25, 0.3) is 0 Å². The second kappa shape index (κ2) is 7.00. The van der Waals surface area contributed by atoms with Crippen molar-refractivity contribution in [2.45, 2.75) is 32.4 Å². The summed E-state index contributed by atoms with van der Waals surface area (Å²) in [6, 6.07) is 9.55. The van der Waals surface area contributed by atoms with E-state index in [9.17, 15) is 0 Å². The molecule has 2 N–H and O–H groups in total. The molecule has 0 fully saturated rings. The molecule has 0 spiro atoms. The van der Waals surface area contributed by atoms with Crippen LogP contribution in [0.3, 0.4) is 0 Å². The van der Waals surface area contributed by atoms with Crippen LogP contribution < -0.4 is 10.1 Å². The molecule has 0 saturated carbocycles. The molecule has 0 aliphatic rings. The van der Waals surface area contributed by atoms with Crippen LogP contribution in [0.4, 0.5) is 0 Å². The van der Waals surface area contributed by atoms with Gasteiger partial charge in [0.2, 0.25) is 0 Å². The number of aliphatic hydroxyl groups is 1. The normalized spacial score (nSPS) is 13.7. The maximum absolute atomic E-state index is 9.09. The summed E-state index contributed by atoms with van der Waals surface area (Å²) in [6.07, 6.45) is 0.624. The lowest BCUT2D eigenvalue weighted by molar-refractivity contribution is 0.267. The van der Waals surface area contributed by atoms with Gasteiger partial charge < -0.3 is 9.84 Å². The van der Waals surface area contributed by atoms with Gasteiger partial charge in [0.1, 0.15) is 11.3 Å². The summed E-state index contributed by atoms with van der Waals surface area (Å²) in [4.78, 5) is 0. The molecule has 0 amide bonds. The molecule has 0 aliphatic carbocycles. The van der Waals surface area contributed by atoms with E-state index in [1.165, 1.54) is 0 Å². The van der Waals surface area contributed by atoms with E-state index in [4.69, 9.17) is 15.1 Å². The molecule has 0 aliphatic heterocycles. The number of benzene rings is 1. The number of ether oxygens (including phenoxy) is 1. The Bertz CT molecular complexity index is 397. The number of nitrogens with zero attached hydrogens (tertiary/aromatic N) is 1. The van der Waals surface area contributed by atoms with Crippen LogP contribution in [-0.2, 0) is 6.61 Å². The molecule has 0 aromatic heterocycles. The molecule has 4 heteroatoms. The molecule has 1 aromatic rings. The Morgan fingerprint density at radius 1 is 1.39 bits per heavy atom. The zero-order chi connectivity index (χ0) is 13.4. The maximum atomic E-state index is 9.09. The van der Waals surface area contributed by atoms with Crippen LogP contribution in [-0.4, -0.2) is 23.8 Å². The Labute approximate surface area is 108 Å². The van der Waals surface area contributed by atoms with Crippen LogP contribution in [0, 0.1) is 11.3 Å². The molecule has 1 unspecified atom stereocenters. The fourth-order valence-electron chi connectivity index (χ4n) is 1.64. The molecular weight excluding hydrogens is 228 g/mol. The second-order valence-corrected chi connectivity index (χ2v) is 4.37. The van der Waals surface area contributed by atoms with Crippen LogP contribution in [0.5, 0.6) is 5.75 Å². The summed E-state index contributed by atoms with van der Waals surface area (Å²) in [7, 11) is 0. The summed E-state index contributed by atoms with van der Waals surface area (Å²) in [6.45, 7) is 5.12. The molecule has 0 saturated heterocycles. The van der Waals surface area contributed by atoms with Crippen LogP contribution in [0.1, 0.15) is 25.8 Å². The Hall–Kier alpha value is -1.57. The number of aliphatic hydroxyl groups excluding tert-OH is 1. The lowest BCUT2D eigenvalue weighted by Gasteiger charge is -2.22. The summed E-state index contributed by atoms with van der Waals surface area (Å²) in [5.41, 5.74) is 0.316. The predicted octanol–water partition coefficient (Wildman–Crippen LogP) is 1.84. The highest BCUT2D eigenvalue weighted by atomic mass is 16.5. The molecule has 0 radical (unpaired) electrons. The highest BCUT2D eigenvalue weighted by Gasteiger charge is 2.21. The second-order valence-electron chi connectivity index (χ2n) is 4.37. The monoisotopic (exact) mass is 248 g/mol. The first-order valence-electron chi connectivity index (χ1n) is 6.12. The van der Waals surface area contributed by atoms with Crippen molar-refractivity contribution < 1.29 is 9.84 Å². The van der Waals surface area contributed by atoms with Gasteiger partial charge in [0.25, 0.3) is 0 Å². The Balaban J connectivity index is 2.43. The van der Waals surface area contributed by atoms with E-state index in [-0.39, 0.29) is 6.61 Å². The van der Waals surface area contributed by atoms with Gasteiger partial charge in [-0.1, -0.05) is 19.1 Å². The number of nitrogens with one attached hydrogen (secondary N) is 1. The van der Waals surface area contributed by atoms with Crippen molar-refractivity contribution in [2.75, 3.05) is 13.2 Å². The van der Waals surface area contributed by atoms with E-state index in [2.05, 4.69) is 11.4 Å². The first-order chi connectivity index (χ1) is 8.63. The van der Waals surface area contributed by atoms with Crippen molar-refractivity contribution in [1.29, 1.82) is 5.26 Å². The Morgan fingerprint density at radius 3 is 2.56 bits per heavy atom. The van der Waals surface area contributed by atoms with Crippen molar-refractivity contribution in [3.63, 3.8) is 0 Å². The third kappa shape index (κ3) is 4.36. The van der Waals surface area contributed by atoms with Gasteiger partial charge in [-0.05, 0) is 31.2 Å². The molecule has 1 atom stereocenters. The van der Waals surface area contributed by atoms with Crippen molar-refractivity contribution in [3.8, 4) is 11.8 Å². The number of hydrogen-bond acceptors (Lipinski definition) is 4. The summed E-state index contributed by atoms with van der Waals surface area (Å²) in [5.74, 6) is 0.754. The van der Waals surface area contributed by atoms with Gasteiger partial charge in [0.05, 0.1) is 19.3 Å². The van der Waals surface area contributed by atoms with Crippen molar-refractivity contribution >= 4 is 0 Å². The molecule has 4 nitrogen and oxygen atoms in total. The van der Waals surface area contributed by atoms with E-state index >= 15 is 0 Å².